The number of hydrogen-bond acceptors (Lipinski definition) is 5. The number of rotatable bonds is 5. The summed E-state index contributed by atoms with van der Waals surface area (Å²) in [5, 5.41) is 3.70. The van der Waals surface area contributed by atoms with E-state index in [9.17, 15) is 22.0 Å². The van der Waals surface area contributed by atoms with Crippen molar-refractivity contribution < 1.29 is 22.0 Å². The number of halogens is 2. The minimum Gasteiger partial charge on any atom is -0.348 e. The number of nitrogens with two attached hydrogens (primary N) is 1. The lowest BCUT2D eigenvalue weighted by Crippen LogP contribution is -2.38. The summed E-state index contributed by atoms with van der Waals surface area (Å²) in [6, 6.07) is 0.621. The zero-order valence-electron chi connectivity index (χ0n) is 9.39. The molecule has 5 nitrogen and oxygen atoms in total. The van der Waals surface area contributed by atoms with Gasteiger partial charge in [-0.1, -0.05) is 0 Å². The lowest BCUT2D eigenvalue weighted by atomic mass is 10.3. The molecule has 0 unspecified atom stereocenters. The molecule has 0 saturated heterocycles. The maximum atomic E-state index is 12.4. The van der Waals surface area contributed by atoms with Crippen molar-refractivity contribution >= 4 is 27.1 Å². The highest BCUT2D eigenvalue weighted by Crippen LogP contribution is 2.26. The average Bonchev–Trinajstić information content (AvgIpc) is 2.77. The Bertz CT molecular complexity index is 528. The first kappa shape index (κ1) is 15.0. The number of thiophene rings is 1. The Labute approximate surface area is 107 Å². The van der Waals surface area contributed by atoms with Crippen molar-refractivity contribution in [3.8, 4) is 0 Å². The van der Waals surface area contributed by atoms with Crippen LogP contribution in [0.3, 0.4) is 0 Å². The summed E-state index contributed by atoms with van der Waals surface area (Å²) in [6.45, 7) is 1.78. The van der Waals surface area contributed by atoms with Gasteiger partial charge < -0.3 is 11.1 Å². The van der Waals surface area contributed by atoms with E-state index in [1.54, 1.807) is 6.92 Å². The van der Waals surface area contributed by atoms with E-state index < -0.39 is 26.4 Å². The third-order valence-electron chi connectivity index (χ3n) is 2.11. The molecule has 1 atom stereocenters. The molecular weight excluding hydrogens is 286 g/mol. The highest BCUT2D eigenvalue weighted by atomic mass is 32.2. The monoisotopic (exact) mass is 298 g/mol. The Kier molecular flexibility index (Phi) is 4.77. The largest absolute Gasteiger partial charge is 0.348 e. The molecule has 0 bridgehead atoms. The Balaban J connectivity index is 3.07. The lowest BCUT2D eigenvalue weighted by Gasteiger charge is -2.11. The fourth-order valence-electron chi connectivity index (χ4n) is 1.13. The molecule has 0 aliphatic rings. The van der Waals surface area contributed by atoms with Gasteiger partial charge in [-0.3, -0.25) is 4.79 Å². The average molecular weight is 298 g/mol. The molecule has 0 fully saturated rings. The van der Waals surface area contributed by atoms with Gasteiger partial charge in [0.1, 0.15) is 4.88 Å². The van der Waals surface area contributed by atoms with Gasteiger partial charge in [-0.2, -0.15) is 8.78 Å². The van der Waals surface area contributed by atoms with Crippen molar-refractivity contribution in [3.05, 3.63) is 16.3 Å². The predicted octanol–water partition coefficient (Wildman–Crippen LogP) is 0.821. The Morgan fingerprint density at radius 3 is 2.67 bits per heavy atom. The Morgan fingerprint density at radius 2 is 2.17 bits per heavy atom. The molecule has 0 saturated carbocycles. The van der Waals surface area contributed by atoms with Crippen molar-refractivity contribution in [3.63, 3.8) is 0 Å². The second-order valence-corrected chi connectivity index (χ2v) is 6.33. The van der Waals surface area contributed by atoms with E-state index in [1.165, 1.54) is 5.38 Å². The van der Waals surface area contributed by atoms with Crippen LogP contribution in [0, 0.1) is 0 Å². The molecule has 102 valence electrons. The molecule has 0 aliphatic heterocycles. The molecule has 3 N–H and O–H groups in total. The zero-order valence-corrected chi connectivity index (χ0v) is 11.0. The van der Waals surface area contributed by atoms with E-state index in [0.29, 0.717) is 0 Å². The van der Waals surface area contributed by atoms with E-state index in [1.807, 2.05) is 0 Å². The standard InChI is InChI=1S/C9H12F2N2O3S2/c1-5(4-12)13-8(14)7-6(2-3-17-7)18(15,16)9(10)11/h2-3,5,9H,4,12H2,1H3,(H,13,14)/t5-/m0/s1. The van der Waals surface area contributed by atoms with Crippen LogP contribution in [0.15, 0.2) is 16.3 Å². The third-order valence-corrected chi connectivity index (χ3v) is 4.57. The maximum Gasteiger partial charge on any atom is 0.341 e. The van der Waals surface area contributed by atoms with Crippen molar-refractivity contribution in [2.45, 2.75) is 23.6 Å². The van der Waals surface area contributed by atoms with Crippen LogP contribution < -0.4 is 11.1 Å². The number of amides is 1. The van der Waals surface area contributed by atoms with Crippen molar-refractivity contribution in [2.75, 3.05) is 6.54 Å². The zero-order chi connectivity index (χ0) is 13.9. The van der Waals surface area contributed by atoms with Gasteiger partial charge in [-0.05, 0) is 18.4 Å². The molecule has 0 aromatic carbocycles. The highest BCUT2D eigenvalue weighted by molar-refractivity contribution is 7.92. The van der Waals surface area contributed by atoms with Gasteiger partial charge in [-0.25, -0.2) is 8.42 Å². The highest BCUT2D eigenvalue weighted by Gasteiger charge is 2.32. The topological polar surface area (TPSA) is 89.3 Å². The summed E-state index contributed by atoms with van der Waals surface area (Å²) >= 11 is 0.789. The van der Waals surface area contributed by atoms with E-state index in [0.717, 1.165) is 17.4 Å². The van der Waals surface area contributed by atoms with Gasteiger partial charge in [-0.15, -0.1) is 11.3 Å². The molecule has 1 rings (SSSR count). The van der Waals surface area contributed by atoms with Crippen LogP contribution in [0.1, 0.15) is 16.6 Å². The number of nitrogens with one attached hydrogen (secondary N) is 1. The van der Waals surface area contributed by atoms with Crippen LogP contribution in [0.4, 0.5) is 8.78 Å². The minimum atomic E-state index is -4.77. The second-order valence-electron chi connectivity index (χ2n) is 3.53. The first-order valence-corrected chi connectivity index (χ1v) is 7.33. The van der Waals surface area contributed by atoms with E-state index in [4.69, 9.17) is 5.73 Å². The lowest BCUT2D eigenvalue weighted by molar-refractivity contribution is 0.0942. The Morgan fingerprint density at radius 1 is 1.56 bits per heavy atom. The summed E-state index contributed by atoms with van der Waals surface area (Å²) in [6.07, 6.45) is 0. The molecule has 1 aromatic rings. The van der Waals surface area contributed by atoms with Gasteiger partial charge >= 0.3 is 5.76 Å². The van der Waals surface area contributed by atoms with Crippen LogP contribution in [0.2, 0.25) is 0 Å². The van der Waals surface area contributed by atoms with Crippen LogP contribution in [-0.4, -0.2) is 32.7 Å². The van der Waals surface area contributed by atoms with Gasteiger partial charge in [0.2, 0.25) is 9.84 Å². The predicted molar refractivity (Wildman–Crippen MR) is 63.5 cm³/mol. The first-order chi connectivity index (χ1) is 8.30. The fraction of sp³-hybridized carbons (Fsp3) is 0.444. The van der Waals surface area contributed by atoms with Gasteiger partial charge in [0.25, 0.3) is 5.91 Å². The second kappa shape index (κ2) is 5.72. The number of sulfone groups is 1. The normalized spacial score (nSPS) is 13.6. The van der Waals surface area contributed by atoms with E-state index >= 15 is 0 Å². The molecule has 1 amide bonds. The number of hydrogen-bond donors (Lipinski definition) is 2. The maximum absolute atomic E-state index is 12.4. The first-order valence-electron chi connectivity index (χ1n) is 4.91. The molecule has 1 aromatic heterocycles. The quantitative estimate of drug-likeness (QED) is 0.842. The summed E-state index contributed by atoms with van der Waals surface area (Å²) < 4.78 is 47.5. The number of alkyl halides is 2. The van der Waals surface area contributed by atoms with Crippen molar-refractivity contribution in [2.24, 2.45) is 5.73 Å². The Hall–Kier alpha value is -1.06. The van der Waals surface area contributed by atoms with E-state index in [2.05, 4.69) is 5.32 Å². The summed E-state index contributed by atoms with van der Waals surface area (Å²) in [5.41, 5.74) is 5.30. The molecule has 0 spiro atoms. The number of carbonyl (C=O) groups is 1. The van der Waals surface area contributed by atoms with Crippen molar-refractivity contribution in [1.29, 1.82) is 0 Å². The van der Waals surface area contributed by atoms with Crippen LogP contribution >= 0.6 is 11.3 Å². The summed E-state index contributed by atoms with van der Waals surface area (Å²) in [5.74, 6) is -4.27. The summed E-state index contributed by atoms with van der Waals surface area (Å²) in [7, 11) is -4.77. The molecule has 9 heteroatoms. The fourth-order valence-corrected chi connectivity index (χ4v) is 3.20. The van der Waals surface area contributed by atoms with Crippen LogP contribution in [-0.2, 0) is 9.84 Å². The molecule has 0 aliphatic carbocycles. The smallest absolute Gasteiger partial charge is 0.341 e. The number of carbonyl (C=O) groups excluding carboxylic acids is 1. The molecular formula is C9H12F2N2O3S2. The molecule has 18 heavy (non-hydrogen) atoms. The van der Waals surface area contributed by atoms with Gasteiger partial charge in [0.15, 0.2) is 0 Å². The van der Waals surface area contributed by atoms with Crippen LogP contribution in [0.5, 0.6) is 0 Å². The SMILES string of the molecule is C[C@@H](CN)NC(=O)c1sccc1S(=O)(=O)C(F)F. The minimum absolute atomic E-state index is 0.161. The van der Waals surface area contributed by atoms with Crippen LogP contribution in [0.25, 0.3) is 0 Å². The van der Waals surface area contributed by atoms with Gasteiger partial charge in [0.05, 0.1) is 4.90 Å². The van der Waals surface area contributed by atoms with Crippen molar-refractivity contribution in [1.82, 2.24) is 5.32 Å². The van der Waals surface area contributed by atoms with Gasteiger partial charge in [0, 0.05) is 12.6 Å². The molecule has 1 heterocycles. The molecule has 0 radical (unpaired) electrons. The third kappa shape index (κ3) is 3.03. The summed E-state index contributed by atoms with van der Waals surface area (Å²) in [4.78, 5) is 10.8. The van der Waals surface area contributed by atoms with E-state index in [-0.39, 0.29) is 17.5 Å².